The van der Waals surface area contributed by atoms with Gasteiger partial charge in [0, 0.05) is 18.2 Å². The van der Waals surface area contributed by atoms with E-state index >= 15 is 0 Å². The Hall–Kier alpha value is -0.710. The van der Waals surface area contributed by atoms with Crippen LogP contribution >= 0.6 is 35.0 Å². The molecule has 20 heavy (non-hydrogen) atoms. The van der Waals surface area contributed by atoms with Crippen LogP contribution < -0.4 is 5.56 Å². The standard InChI is InChI=1S/C14H14Cl2N2OS/c1-2-18-12(19)10-5-3-4-6-11(10)17-13(18)20-8-9-7-14(9,15)16/h3-6,9H,2,7-8H2,1H3/t9-/m1/s1. The predicted molar refractivity (Wildman–Crippen MR) is 84.9 cm³/mol. The second kappa shape index (κ2) is 5.24. The molecule has 106 valence electrons. The summed E-state index contributed by atoms with van der Waals surface area (Å²) in [6.07, 6.45) is 0.813. The van der Waals surface area contributed by atoms with Crippen LogP contribution in [0.25, 0.3) is 10.9 Å². The van der Waals surface area contributed by atoms with E-state index in [1.54, 1.807) is 16.3 Å². The van der Waals surface area contributed by atoms with Crippen molar-refractivity contribution in [3.8, 4) is 0 Å². The maximum atomic E-state index is 12.4. The molecule has 1 aliphatic rings. The molecule has 0 unspecified atom stereocenters. The molecule has 1 aromatic carbocycles. The Labute approximate surface area is 131 Å². The highest BCUT2D eigenvalue weighted by Crippen LogP contribution is 2.54. The van der Waals surface area contributed by atoms with Gasteiger partial charge < -0.3 is 0 Å². The maximum absolute atomic E-state index is 12.4. The van der Waals surface area contributed by atoms with Crippen molar-refractivity contribution in [1.82, 2.24) is 9.55 Å². The summed E-state index contributed by atoms with van der Waals surface area (Å²) in [5, 5.41) is 1.40. The van der Waals surface area contributed by atoms with E-state index in [0.717, 1.165) is 22.8 Å². The highest BCUT2D eigenvalue weighted by Gasteiger charge is 2.51. The van der Waals surface area contributed by atoms with Crippen LogP contribution in [0.3, 0.4) is 0 Å². The fraction of sp³-hybridized carbons (Fsp3) is 0.429. The lowest BCUT2D eigenvalue weighted by Crippen LogP contribution is -2.22. The number of rotatable bonds is 4. The Morgan fingerprint density at radius 1 is 1.45 bits per heavy atom. The van der Waals surface area contributed by atoms with E-state index in [4.69, 9.17) is 23.2 Å². The zero-order valence-electron chi connectivity index (χ0n) is 11.0. The molecule has 0 N–H and O–H groups in total. The summed E-state index contributed by atoms with van der Waals surface area (Å²) in [7, 11) is 0. The number of halogens is 2. The molecule has 1 heterocycles. The molecule has 0 bridgehead atoms. The fourth-order valence-corrected chi connectivity index (χ4v) is 4.16. The van der Waals surface area contributed by atoms with Crippen LogP contribution in [0.15, 0.2) is 34.2 Å². The largest absolute Gasteiger partial charge is 0.287 e. The third-order valence-electron chi connectivity index (χ3n) is 3.51. The van der Waals surface area contributed by atoms with Gasteiger partial charge in [0.15, 0.2) is 5.16 Å². The van der Waals surface area contributed by atoms with E-state index in [1.807, 2.05) is 31.2 Å². The number of thioether (sulfide) groups is 1. The summed E-state index contributed by atoms with van der Waals surface area (Å²) < 4.78 is 1.13. The molecule has 3 rings (SSSR count). The molecule has 0 aliphatic heterocycles. The molecule has 1 fully saturated rings. The monoisotopic (exact) mass is 328 g/mol. The van der Waals surface area contributed by atoms with E-state index in [1.165, 1.54) is 0 Å². The van der Waals surface area contributed by atoms with Gasteiger partial charge >= 0.3 is 0 Å². The number of hydrogen-bond donors (Lipinski definition) is 0. The third kappa shape index (κ3) is 2.57. The van der Waals surface area contributed by atoms with Gasteiger partial charge in [0.1, 0.15) is 4.33 Å². The highest BCUT2D eigenvalue weighted by atomic mass is 35.5. The Morgan fingerprint density at radius 2 is 2.15 bits per heavy atom. The molecule has 6 heteroatoms. The number of benzene rings is 1. The van der Waals surface area contributed by atoms with Gasteiger partial charge in [-0.1, -0.05) is 23.9 Å². The normalized spacial score (nSPS) is 20.2. The summed E-state index contributed by atoms with van der Waals surface area (Å²) in [6, 6.07) is 7.43. The lowest BCUT2D eigenvalue weighted by atomic mass is 10.2. The SMILES string of the molecule is CCn1c(SC[C@H]2CC2(Cl)Cl)nc2ccccc2c1=O. The lowest BCUT2D eigenvalue weighted by Gasteiger charge is -2.11. The van der Waals surface area contributed by atoms with Crippen molar-refractivity contribution in [2.24, 2.45) is 5.92 Å². The lowest BCUT2D eigenvalue weighted by molar-refractivity contribution is 0.634. The van der Waals surface area contributed by atoms with Crippen LogP contribution in [0.5, 0.6) is 0 Å². The van der Waals surface area contributed by atoms with E-state index in [-0.39, 0.29) is 11.5 Å². The number of hydrogen-bond acceptors (Lipinski definition) is 3. The third-order valence-corrected chi connectivity index (χ3v) is 5.58. The minimum Gasteiger partial charge on any atom is -0.287 e. The van der Waals surface area contributed by atoms with Crippen LogP contribution in [-0.4, -0.2) is 19.6 Å². The van der Waals surface area contributed by atoms with Crippen molar-refractivity contribution < 1.29 is 0 Å². The molecule has 1 saturated carbocycles. The Morgan fingerprint density at radius 3 is 2.80 bits per heavy atom. The van der Waals surface area contributed by atoms with Gasteiger partial charge in [0.05, 0.1) is 10.9 Å². The van der Waals surface area contributed by atoms with Crippen LogP contribution in [0.4, 0.5) is 0 Å². The van der Waals surface area contributed by atoms with Crippen molar-refractivity contribution in [2.75, 3.05) is 5.75 Å². The molecule has 0 spiro atoms. The Bertz CT molecular complexity index is 714. The van der Waals surface area contributed by atoms with E-state index in [0.29, 0.717) is 11.9 Å². The van der Waals surface area contributed by atoms with Gasteiger partial charge in [-0.15, -0.1) is 23.2 Å². The molecule has 1 atom stereocenters. The first-order valence-electron chi connectivity index (χ1n) is 6.53. The van der Waals surface area contributed by atoms with E-state index < -0.39 is 4.33 Å². The van der Waals surface area contributed by atoms with Crippen LogP contribution in [0.2, 0.25) is 0 Å². The summed E-state index contributed by atoms with van der Waals surface area (Å²) in [5.41, 5.74) is 0.753. The van der Waals surface area contributed by atoms with Crippen molar-refractivity contribution in [2.45, 2.75) is 29.4 Å². The molecule has 0 saturated heterocycles. The average Bonchev–Trinajstić information content (AvgIpc) is 3.04. The van der Waals surface area contributed by atoms with E-state index in [2.05, 4.69) is 4.98 Å². The van der Waals surface area contributed by atoms with Crippen molar-refractivity contribution in [3.63, 3.8) is 0 Å². The first kappa shape index (κ1) is 14.2. The topological polar surface area (TPSA) is 34.9 Å². The summed E-state index contributed by atoms with van der Waals surface area (Å²) in [5.74, 6) is 1.07. The number of aromatic nitrogens is 2. The molecule has 3 nitrogen and oxygen atoms in total. The smallest absolute Gasteiger partial charge is 0.262 e. The second-order valence-electron chi connectivity index (χ2n) is 4.93. The first-order chi connectivity index (χ1) is 9.53. The maximum Gasteiger partial charge on any atom is 0.262 e. The summed E-state index contributed by atoms with van der Waals surface area (Å²) in [6.45, 7) is 2.56. The van der Waals surface area contributed by atoms with Crippen LogP contribution in [-0.2, 0) is 6.54 Å². The van der Waals surface area contributed by atoms with Gasteiger partial charge in [-0.05, 0) is 25.5 Å². The minimum atomic E-state index is -0.582. The second-order valence-corrected chi connectivity index (χ2v) is 7.46. The Kier molecular flexibility index (Phi) is 3.73. The molecule has 0 radical (unpaired) electrons. The van der Waals surface area contributed by atoms with Gasteiger partial charge in [-0.3, -0.25) is 9.36 Å². The number of nitrogens with zero attached hydrogens (tertiary/aromatic N) is 2. The zero-order valence-corrected chi connectivity index (χ0v) is 13.3. The van der Waals surface area contributed by atoms with Gasteiger partial charge in [0.25, 0.3) is 5.56 Å². The highest BCUT2D eigenvalue weighted by molar-refractivity contribution is 7.99. The van der Waals surface area contributed by atoms with Crippen LogP contribution in [0, 0.1) is 5.92 Å². The molecular formula is C14H14Cl2N2OS. The summed E-state index contributed by atoms with van der Waals surface area (Å²) in [4.78, 5) is 17.0. The number of alkyl halides is 2. The fourth-order valence-electron chi connectivity index (χ4n) is 2.16. The van der Waals surface area contributed by atoms with Gasteiger partial charge in [-0.25, -0.2) is 4.98 Å². The van der Waals surface area contributed by atoms with Crippen LogP contribution in [0.1, 0.15) is 13.3 Å². The molecule has 1 aromatic heterocycles. The Balaban J connectivity index is 1.95. The summed E-state index contributed by atoms with van der Waals surface area (Å²) >= 11 is 13.6. The molecule has 0 amide bonds. The van der Waals surface area contributed by atoms with E-state index in [9.17, 15) is 4.79 Å². The van der Waals surface area contributed by atoms with Gasteiger partial charge in [0.2, 0.25) is 0 Å². The number of fused-ring (bicyclic) bond motifs is 1. The molecule has 2 aromatic rings. The minimum absolute atomic E-state index is 0.0133. The average molecular weight is 329 g/mol. The van der Waals surface area contributed by atoms with Gasteiger partial charge in [-0.2, -0.15) is 0 Å². The molecule has 1 aliphatic carbocycles. The van der Waals surface area contributed by atoms with Crippen molar-refractivity contribution in [3.05, 3.63) is 34.6 Å². The first-order valence-corrected chi connectivity index (χ1v) is 8.27. The number of para-hydroxylation sites is 1. The molecular weight excluding hydrogens is 315 g/mol. The zero-order chi connectivity index (χ0) is 14.3. The van der Waals surface area contributed by atoms with Crippen molar-refractivity contribution in [1.29, 1.82) is 0 Å². The quantitative estimate of drug-likeness (QED) is 0.487. The van der Waals surface area contributed by atoms with Crippen molar-refractivity contribution >= 4 is 45.9 Å². The predicted octanol–water partition coefficient (Wildman–Crippen LogP) is 3.70.